The number of fused-ring (bicyclic) bond motifs is 1. The van der Waals surface area contributed by atoms with Crippen molar-refractivity contribution in [3.05, 3.63) is 64.2 Å². The van der Waals surface area contributed by atoms with E-state index in [9.17, 15) is 23.1 Å². The molecule has 1 unspecified atom stereocenters. The summed E-state index contributed by atoms with van der Waals surface area (Å²) in [6.07, 6.45) is 1.26. The van der Waals surface area contributed by atoms with Crippen molar-refractivity contribution in [2.45, 2.75) is 83.0 Å². The van der Waals surface area contributed by atoms with Crippen LogP contribution in [0.4, 0.5) is 13.2 Å². The molecule has 1 aliphatic carbocycles. The lowest BCUT2D eigenvalue weighted by Gasteiger charge is -2.46. The minimum absolute atomic E-state index is 0.00268. The van der Waals surface area contributed by atoms with Crippen molar-refractivity contribution in [3.8, 4) is 5.75 Å². The molecule has 2 heterocycles. The second-order valence-electron chi connectivity index (χ2n) is 11.5. The molecule has 0 radical (unpaired) electrons. The number of carboxylic acids is 1. The lowest BCUT2D eigenvalue weighted by atomic mass is 9.80. The van der Waals surface area contributed by atoms with E-state index in [0.29, 0.717) is 17.0 Å². The molecular weight excluding hydrogens is 479 g/mol. The number of hydrogen-bond acceptors (Lipinski definition) is 3. The maximum absolute atomic E-state index is 13.4. The summed E-state index contributed by atoms with van der Waals surface area (Å²) in [4.78, 5) is 14.0. The quantitative estimate of drug-likeness (QED) is 0.444. The summed E-state index contributed by atoms with van der Waals surface area (Å²) in [5.74, 6) is 0.104. The number of carbonyl (C=O) groups is 1. The van der Waals surface area contributed by atoms with Crippen LogP contribution in [0.25, 0.3) is 0 Å². The number of aryl methyl sites for hydroxylation is 2. The van der Waals surface area contributed by atoms with Gasteiger partial charge in [0.05, 0.1) is 11.5 Å². The van der Waals surface area contributed by atoms with Crippen LogP contribution in [0.15, 0.2) is 36.4 Å². The minimum Gasteiger partial charge on any atom is -0.487 e. The Morgan fingerprint density at radius 2 is 1.76 bits per heavy atom. The highest BCUT2D eigenvalue weighted by Crippen LogP contribution is 2.49. The third-order valence-electron chi connectivity index (χ3n) is 8.88. The Labute approximate surface area is 216 Å². The fraction of sp³-hybridized carbons (Fsp3) is 0.567. The number of ether oxygens (including phenoxy) is 1. The molecule has 1 N–H and O–H groups in total. The van der Waals surface area contributed by atoms with E-state index < -0.39 is 23.6 Å². The smallest absolute Gasteiger partial charge is 0.416 e. The summed E-state index contributed by atoms with van der Waals surface area (Å²) < 4.78 is 46.8. The molecule has 1 spiro atoms. The summed E-state index contributed by atoms with van der Waals surface area (Å²) in [6.45, 7) is 7.01. The Morgan fingerprint density at radius 3 is 2.38 bits per heavy atom. The van der Waals surface area contributed by atoms with E-state index in [4.69, 9.17) is 4.74 Å². The summed E-state index contributed by atoms with van der Waals surface area (Å²) in [7, 11) is 0. The van der Waals surface area contributed by atoms with Crippen molar-refractivity contribution in [2.75, 3.05) is 13.1 Å². The number of piperidine rings is 1. The number of benzene rings is 2. The second kappa shape index (κ2) is 9.64. The number of alkyl halides is 3. The topological polar surface area (TPSA) is 49.8 Å². The molecule has 4 nitrogen and oxygen atoms in total. The Morgan fingerprint density at radius 1 is 1.05 bits per heavy atom. The maximum atomic E-state index is 13.4. The molecule has 0 aromatic heterocycles. The van der Waals surface area contributed by atoms with Gasteiger partial charge in [-0.2, -0.15) is 13.2 Å². The largest absolute Gasteiger partial charge is 0.487 e. The highest BCUT2D eigenvalue weighted by atomic mass is 19.4. The summed E-state index contributed by atoms with van der Waals surface area (Å²) in [6, 6.07) is 10.5. The van der Waals surface area contributed by atoms with Crippen molar-refractivity contribution in [1.82, 2.24) is 4.90 Å². The predicted octanol–water partition coefficient (Wildman–Crippen LogP) is 7.15. The first-order valence-corrected chi connectivity index (χ1v) is 13.4. The molecule has 5 rings (SSSR count). The summed E-state index contributed by atoms with van der Waals surface area (Å²) >= 11 is 0. The Balaban J connectivity index is 1.29. The van der Waals surface area contributed by atoms with Crippen LogP contribution in [0, 0.1) is 18.8 Å². The van der Waals surface area contributed by atoms with E-state index in [1.165, 1.54) is 17.7 Å². The van der Waals surface area contributed by atoms with E-state index in [1.54, 1.807) is 13.8 Å². The lowest BCUT2D eigenvalue weighted by molar-refractivity contribution is -0.142. The van der Waals surface area contributed by atoms with E-state index in [2.05, 4.69) is 23.1 Å². The molecule has 3 atom stereocenters. The average Bonchev–Trinajstić information content (AvgIpc) is 3.68. The molecule has 3 aliphatic rings. The van der Waals surface area contributed by atoms with Crippen LogP contribution < -0.4 is 4.74 Å². The SMILES string of the molecule is Cc1cc(C(C)N2CCC3(CCc4ccc([C@H](C5CC5)[C@H](C)C(=O)O)cc4O3)CC2)cc(C(F)(F)F)c1. The van der Waals surface area contributed by atoms with Crippen molar-refractivity contribution >= 4 is 5.97 Å². The standard InChI is InChI=1S/C30H36F3NO3/c1-18-14-24(16-25(15-18)30(31,32)33)20(3)34-12-10-29(11-13-34)9-8-21-4-7-23(17-26(21)37-29)27(22-5-6-22)19(2)28(35)36/h4,7,14-17,19-20,22,27H,5-6,8-13H2,1-3H3,(H,35,36)/t19-,20?,27-/m0/s1. The zero-order valence-corrected chi connectivity index (χ0v) is 21.8. The van der Waals surface area contributed by atoms with E-state index >= 15 is 0 Å². The Bertz CT molecular complexity index is 1170. The van der Waals surface area contributed by atoms with Gasteiger partial charge in [-0.25, -0.2) is 0 Å². The lowest BCUT2D eigenvalue weighted by Crippen LogP contribution is -2.50. The second-order valence-corrected chi connectivity index (χ2v) is 11.5. The average molecular weight is 516 g/mol. The fourth-order valence-electron chi connectivity index (χ4n) is 6.40. The number of hydrogen-bond donors (Lipinski definition) is 1. The van der Waals surface area contributed by atoms with Crippen LogP contribution in [0.5, 0.6) is 5.75 Å². The van der Waals surface area contributed by atoms with Crippen molar-refractivity contribution in [3.63, 3.8) is 0 Å². The molecule has 2 fully saturated rings. The number of rotatable bonds is 6. The highest BCUT2D eigenvalue weighted by Gasteiger charge is 2.42. The first-order valence-electron chi connectivity index (χ1n) is 13.4. The third kappa shape index (κ3) is 5.38. The van der Waals surface area contributed by atoms with Crippen LogP contribution in [0.2, 0.25) is 0 Å². The molecule has 1 saturated carbocycles. The zero-order valence-electron chi connectivity index (χ0n) is 21.8. The number of likely N-dealkylation sites (tertiary alicyclic amines) is 1. The number of aliphatic carboxylic acids is 1. The van der Waals surface area contributed by atoms with E-state index in [0.717, 1.165) is 62.9 Å². The molecule has 1 saturated heterocycles. The number of halogens is 3. The summed E-state index contributed by atoms with van der Waals surface area (Å²) in [5.41, 5.74) is 2.67. The molecule has 7 heteroatoms. The zero-order chi connectivity index (χ0) is 26.5. The van der Waals surface area contributed by atoms with Gasteiger partial charge >= 0.3 is 12.1 Å². The van der Waals surface area contributed by atoms with Crippen molar-refractivity contribution in [1.29, 1.82) is 0 Å². The van der Waals surface area contributed by atoms with Gasteiger partial charge in [-0.3, -0.25) is 9.69 Å². The highest BCUT2D eigenvalue weighted by molar-refractivity contribution is 5.71. The molecule has 200 valence electrons. The van der Waals surface area contributed by atoms with Gasteiger partial charge in [0, 0.05) is 19.1 Å². The van der Waals surface area contributed by atoms with E-state index in [-0.39, 0.29) is 17.6 Å². The van der Waals surface area contributed by atoms with Crippen LogP contribution in [0.1, 0.15) is 85.7 Å². The van der Waals surface area contributed by atoms with Gasteiger partial charge in [0.15, 0.2) is 0 Å². The van der Waals surface area contributed by atoms with Gasteiger partial charge in [-0.1, -0.05) is 30.7 Å². The summed E-state index contributed by atoms with van der Waals surface area (Å²) in [5, 5.41) is 9.66. The molecule has 0 bridgehead atoms. The number of nitrogens with zero attached hydrogens (tertiary/aromatic N) is 1. The fourth-order valence-corrected chi connectivity index (χ4v) is 6.40. The predicted molar refractivity (Wildman–Crippen MR) is 136 cm³/mol. The molecule has 2 aromatic rings. The van der Waals surface area contributed by atoms with Crippen molar-refractivity contribution in [2.24, 2.45) is 11.8 Å². The normalized spacial score (nSPS) is 22.1. The van der Waals surface area contributed by atoms with Gasteiger partial charge in [0.25, 0.3) is 0 Å². The molecule has 2 aromatic carbocycles. The van der Waals surface area contributed by atoms with Crippen molar-refractivity contribution < 1.29 is 27.8 Å². The Kier molecular flexibility index (Phi) is 6.80. The van der Waals surface area contributed by atoms with Gasteiger partial charge in [-0.05, 0) is 99.1 Å². The van der Waals surface area contributed by atoms with Gasteiger partial charge in [-0.15, -0.1) is 0 Å². The van der Waals surface area contributed by atoms with Crippen LogP contribution in [-0.4, -0.2) is 34.7 Å². The first kappa shape index (κ1) is 26.1. The number of carboxylic acid groups (broad SMARTS) is 1. The first-order chi connectivity index (χ1) is 17.5. The van der Waals surface area contributed by atoms with Gasteiger partial charge < -0.3 is 9.84 Å². The Hall–Kier alpha value is -2.54. The third-order valence-corrected chi connectivity index (χ3v) is 8.88. The molecular formula is C30H36F3NO3. The monoisotopic (exact) mass is 515 g/mol. The van der Waals surface area contributed by atoms with E-state index in [1.807, 2.05) is 13.0 Å². The molecule has 2 aliphatic heterocycles. The van der Waals surface area contributed by atoms with Crippen LogP contribution in [-0.2, 0) is 17.4 Å². The van der Waals surface area contributed by atoms with Crippen LogP contribution in [0.3, 0.4) is 0 Å². The maximum Gasteiger partial charge on any atom is 0.416 e. The van der Waals surface area contributed by atoms with Crippen LogP contribution >= 0.6 is 0 Å². The van der Waals surface area contributed by atoms with Gasteiger partial charge in [0.1, 0.15) is 11.4 Å². The molecule has 37 heavy (non-hydrogen) atoms. The minimum atomic E-state index is -4.35. The van der Waals surface area contributed by atoms with Gasteiger partial charge in [0.2, 0.25) is 0 Å². The molecule has 0 amide bonds.